The van der Waals surface area contributed by atoms with Crippen molar-refractivity contribution in [3.05, 3.63) is 88.7 Å². The summed E-state index contributed by atoms with van der Waals surface area (Å²) in [5, 5.41) is 23.2. The van der Waals surface area contributed by atoms with Crippen LogP contribution in [0.1, 0.15) is 55.6 Å². The van der Waals surface area contributed by atoms with E-state index in [1.165, 1.54) is 50.4 Å². The first-order chi connectivity index (χ1) is 19.7. The van der Waals surface area contributed by atoms with Gasteiger partial charge in [0.2, 0.25) is 0 Å². The van der Waals surface area contributed by atoms with Crippen LogP contribution in [0, 0.1) is 18.2 Å². The molecular formula is C33H35FO8. The van der Waals surface area contributed by atoms with Gasteiger partial charge in [-0.25, -0.2) is 9.18 Å². The fourth-order valence-electron chi connectivity index (χ4n) is 5.36. The summed E-state index contributed by atoms with van der Waals surface area (Å²) in [5.41, 5.74) is -0.0481. The lowest BCUT2D eigenvalue weighted by atomic mass is 9.64. The van der Waals surface area contributed by atoms with Crippen LogP contribution in [0.2, 0.25) is 0 Å². The van der Waals surface area contributed by atoms with Crippen molar-refractivity contribution in [2.45, 2.75) is 52.7 Å². The molecule has 0 amide bonds. The van der Waals surface area contributed by atoms with E-state index in [9.17, 15) is 24.2 Å². The zero-order valence-electron chi connectivity index (χ0n) is 24.5. The van der Waals surface area contributed by atoms with E-state index in [1.54, 1.807) is 38.1 Å². The van der Waals surface area contributed by atoms with Gasteiger partial charge in [0.15, 0.2) is 0 Å². The third kappa shape index (κ3) is 6.48. The molecule has 42 heavy (non-hydrogen) atoms. The number of hydrogen-bond acceptors (Lipinski definition) is 8. The Morgan fingerprint density at radius 2 is 1.69 bits per heavy atom. The molecule has 0 aliphatic heterocycles. The second kappa shape index (κ2) is 12.0. The van der Waals surface area contributed by atoms with Crippen molar-refractivity contribution in [3.8, 4) is 23.0 Å². The van der Waals surface area contributed by atoms with E-state index >= 15 is 0 Å². The number of halogens is 1. The molecule has 1 aliphatic rings. The maximum atomic E-state index is 13.9. The SMILES string of the molecule is COc1cc(OC(=O)c2ccccc2OC(C)=O)ccc1C1=C(COc2cc(F)ccc2C)C(C)(O)CC(C)(C)C1O. The Morgan fingerprint density at radius 3 is 2.38 bits per heavy atom. The molecule has 0 fully saturated rings. The molecule has 3 aromatic rings. The van der Waals surface area contributed by atoms with Gasteiger partial charge in [-0.1, -0.05) is 32.0 Å². The molecule has 8 nitrogen and oxygen atoms in total. The Kier molecular flexibility index (Phi) is 8.75. The largest absolute Gasteiger partial charge is 0.496 e. The zero-order valence-corrected chi connectivity index (χ0v) is 24.5. The molecule has 2 atom stereocenters. The van der Waals surface area contributed by atoms with E-state index in [4.69, 9.17) is 18.9 Å². The van der Waals surface area contributed by atoms with Gasteiger partial charge in [-0.05, 0) is 67.2 Å². The van der Waals surface area contributed by atoms with Gasteiger partial charge in [0, 0.05) is 30.2 Å². The molecule has 0 bridgehead atoms. The Hall–Kier alpha value is -4.21. The molecule has 0 spiro atoms. The van der Waals surface area contributed by atoms with E-state index in [0.717, 1.165) is 0 Å². The van der Waals surface area contributed by atoms with E-state index in [0.29, 0.717) is 28.0 Å². The first-order valence-electron chi connectivity index (χ1n) is 13.4. The topological polar surface area (TPSA) is 112 Å². The summed E-state index contributed by atoms with van der Waals surface area (Å²) in [7, 11) is 1.44. The molecule has 3 aromatic carbocycles. The van der Waals surface area contributed by atoms with Crippen LogP contribution < -0.4 is 18.9 Å². The minimum absolute atomic E-state index is 0.0611. The molecule has 222 valence electrons. The number of ether oxygens (including phenoxy) is 4. The lowest BCUT2D eigenvalue weighted by Gasteiger charge is -2.46. The number of aliphatic hydroxyl groups excluding tert-OH is 1. The standard InChI is InChI=1S/C33H35FO8/c1-19-11-12-21(34)15-27(19)40-17-25-29(30(36)32(3,4)18-33(25,5)38)23-14-13-22(16-28(23)39-6)42-31(37)24-9-7-8-10-26(24)41-20(2)35/h7-16,30,36,38H,17-18H2,1-6H3. The van der Waals surface area contributed by atoms with Crippen molar-refractivity contribution in [1.29, 1.82) is 0 Å². The Balaban J connectivity index is 1.74. The third-order valence-electron chi connectivity index (χ3n) is 7.35. The van der Waals surface area contributed by atoms with Crippen molar-refractivity contribution in [1.82, 2.24) is 0 Å². The number of para-hydroxylation sites is 1. The van der Waals surface area contributed by atoms with Gasteiger partial charge in [-0.2, -0.15) is 0 Å². The summed E-state index contributed by atoms with van der Waals surface area (Å²) in [4.78, 5) is 24.4. The molecule has 0 aromatic heterocycles. The molecule has 0 heterocycles. The van der Waals surface area contributed by atoms with Crippen LogP contribution >= 0.6 is 0 Å². The summed E-state index contributed by atoms with van der Waals surface area (Å²) < 4.78 is 36.3. The second-order valence-electron chi connectivity index (χ2n) is 11.3. The lowest BCUT2D eigenvalue weighted by Crippen LogP contribution is -2.47. The van der Waals surface area contributed by atoms with Crippen molar-refractivity contribution in [3.63, 3.8) is 0 Å². The Bertz CT molecular complexity index is 1540. The second-order valence-corrected chi connectivity index (χ2v) is 11.3. The highest BCUT2D eigenvalue weighted by Gasteiger charge is 2.47. The zero-order chi connectivity index (χ0) is 30.8. The predicted octanol–water partition coefficient (Wildman–Crippen LogP) is 5.66. The molecule has 2 unspecified atom stereocenters. The molecule has 0 saturated heterocycles. The monoisotopic (exact) mass is 578 g/mol. The maximum Gasteiger partial charge on any atom is 0.347 e. The van der Waals surface area contributed by atoms with Crippen LogP contribution in [0.15, 0.2) is 66.2 Å². The number of carbonyl (C=O) groups excluding carboxylic acids is 2. The number of aryl methyl sites for hydroxylation is 1. The number of benzene rings is 3. The number of methoxy groups -OCH3 is 1. The van der Waals surface area contributed by atoms with Crippen LogP contribution in [0.5, 0.6) is 23.0 Å². The molecular weight excluding hydrogens is 543 g/mol. The number of carbonyl (C=O) groups is 2. The van der Waals surface area contributed by atoms with E-state index < -0.39 is 34.9 Å². The number of aliphatic hydroxyl groups is 2. The maximum absolute atomic E-state index is 13.9. The summed E-state index contributed by atoms with van der Waals surface area (Å²) in [5.74, 6) is -0.978. The predicted molar refractivity (Wildman–Crippen MR) is 154 cm³/mol. The highest BCUT2D eigenvalue weighted by molar-refractivity contribution is 5.95. The van der Waals surface area contributed by atoms with Gasteiger partial charge in [-0.3, -0.25) is 4.79 Å². The summed E-state index contributed by atoms with van der Waals surface area (Å²) >= 11 is 0. The van der Waals surface area contributed by atoms with Crippen LogP contribution in [0.4, 0.5) is 4.39 Å². The van der Waals surface area contributed by atoms with Crippen molar-refractivity contribution < 1.29 is 43.1 Å². The molecule has 9 heteroatoms. The van der Waals surface area contributed by atoms with Crippen LogP contribution in [0.3, 0.4) is 0 Å². The average Bonchev–Trinajstić information content (AvgIpc) is 2.91. The quantitative estimate of drug-likeness (QED) is 0.260. The van der Waals surface area contributed by atoms with Crippen molar-refractivity contribution >= 4 is 17.5 Å². The van der Waals surface area contributed by atoms with Gasteiger partial charge in [0.05, 0.1) is 18.8 Å². The van der Waals surface area contributed by atoms with Crippen molar-refractivity contribution in [2.75, 3.05) is 13.7 Å². The first kappa shape index (κ1) is 30.7. The minimum atomic E-state index is -1.38. The van der Waals surface area contributed by atoms with E-state index in [1.807, 2.05) is 13.8 Å². The first-order valence-corrected chi connectivity index (χ1v) is 13.4. The van der Waals surface area contributed by atoms with Gasteiger partial charge >= 0.3 is 11.9 Å². The van der Waals surface area contributed by atoms with Gasteiger partial charge < -0.3 is 29.2 Å². The fourth-order valence-corrected chi connectivity index (χ4v) is 5.36. The number of esters is 2. The molecule has 0 saturated carbocycles. The molecule has 1 aliphatic carbocycles. The Morgan fingerprint density at radius 1 is 0.976 bits per heavy atom. The molecule has 4 rings (SSSR count). The van der Waals surface area contributed by atoms with E-state index in [2.05, 4.69) is 0 Å². The van der Waals surface area contributed by atoms with Crippen LogP contribution in [-0.2, 0) is 4.79 Å². The Labute approximate surface area is 244 Å². The summed E-state index contributed by atoms with van der Waals surface area (Å²) in [6, 6.07) is 15.1. The van der Waals surface area contributed by atoms with Gasteiger partial charge in [-0.15, -0.1) is 0 Å². The van der Waals surface area contributed by atoms with E-state index in [-0.39, 0.29) is 35.8 Å². The number of hydrogen-bond donors (Lipinski definition) is 2. The van der Waals surface area contributed by atoms with Crippen LogP contribution in [-0.4, -0.2) is 47.6 Å². The summed E-state index contributed by atoms with van der Waals surface area (Å²) in [6.07, 6.45) is -0.784. The average molecular weight is 579 g/mol. The minimum Gasteiger partial charge on any atom is -0.496 e. The normalized spacial score (nSPS) is 19.7. The highest BCUT2D eigenvalue weighted by Crippen LogP contribution is 2.50. The summed E-state index contributed by atoms with van der Waals surface area (Å²) in [6.45, 7) is 8.26. The smallest absolute Gasteiger partial charge is 0.347 e. The molecule has 2 N–H and O–H groups in total. The third-order valence-corrected chi connectivity index (χ3v) is 7.35. The fraction of sp³-hybridized carbons (Fsp3) is 0.333. The highest BCUT2D eigenvalue weighted by atomic mass is 19.1. The number of rotatable bonds is 8. The molecule has 0 radical (unpaired) electrons. The lowest BCUT2D eigenvalue weighted by molar-refractivity contribution is -0.131. The van der Waals surface area contributed by atoms with Crippen LogP contribution in [0.25, 0.3) is 5.57 Å². The van der Waals surface area contributed by atoms with Gasteiger partial charge in [0.1, 0.15) is 41.0 Å². The van der Waals surface area contributed by atoms with Gasteiger partial charge in [0.25, 0.3) is 0 Å². The van der Waals surface area contributed by atoms with Crippen molar-refractivity contribution in [2.24, 2.45) is 5.41 Å².